The Kier molecular flexibility index (Phi) is 11.4. The van der Waals surface area contributed by atoms with Gasteiger partial charge in [0.1, 0.15) is 30.3 Å². The van der Waals surface area contributed by atoms with Gasteiger partial charge >= 0.3 is 17.9 Å². The lowest BCUT2D eigenvalue weighted by molar-refractivity contribution is -0.151. The van der Waals surface area contributed by atoms with Crippen LogP contribution >= 0.6 is 0 Å². The Morgan fingerprint density at radius 1 is 1.09 bits per heavy atom. The van der Waals surface area contributed by atoms with Crippen LogP contribution < -0.4 is 5.73 Å². The predicted molar refractivity (Wildman–Crippen MR) is 127 cm³/mol. The van der Waals surface area contributed by atoms with Crippen molar-refractivity contribution < 1.29 is 39.2 Å². The van der Waals surface area contributed by atoms with E-state index in [-0.39, 0.29) is 54.1 Å². The zero-order valence-electron chi connectivity index (χ0n) is 21.0. The number of aromatic nitrogens is 3. The molecule has 35 heavy (non-hydrogen) atoms. The Morgan fingerprint density at radius 3 is 2.11 bits per heavy atom. The van der Waals surface area contributed by atoms with Crippen molar-refractivity contribution in [1.82, 2.24) is 14.6 Å². The van der Waals surface area contributed by atoms with E-state index in [0.717, 1.165) is 12.8 Å². The number of esters is 1. The quantitative estimate of drug-likeness (QED) is 0.431. The van der Waals surface area contributed by atoms with Crippen LogP contribution in [0.2, 0.25) is 0 Å². The van der Waals surface area contributed by atoms with Crippen LogP contribution in [0.5, 0.6) is 5.75 Å². The summed E-state index contributed by atoms with van der Waals surface area (Å²) in [6.07, 6.45) is 2.46. The van der Waals surface area contributed by atoms with Crippen molar-refractivity contribution in [2.75, 3.05) is 12.3 Å². The summed E-state index contributed by atoms with van der Waals surface area (Å²) in [5, 5.41) is 30.1. The molecule has 3 rings (SSSR count). The molecule has 5 N–H and O–H groups in total. The van der Waals surface area contributed by atoms with Crippen molar-refractivity contribution >= 4 is 29.2 Å². The SMILES string of the molecule is CC(C)C(=O)O.CC(C)C(=O)O.CC(C)C(=O)OCC1CCC(c2cc(O)c3c(N)ncnn23)O1. The third kappa shape index (κ3) is 9.04. The summed E-state index contributed by atoms with van der Waals surface area (Å²) in [5.74, 6) is -2.10. The number of carbonyl (C=O) groups excluding carboxylic acids is 1. The minimum Gasteiger partial charge on any atom is -0.505 e. The molecule has 0 bridgehead atoms. The molecule has 0 radical (unpaired) electrons. The Labute approximate surface area is 204 Å². The number of carboxylic acid groups (broad SMARTS) is 2. The first-order valence-corrected chi connectivity index (χ1v) is 11.3. The largest absolute Gasteiger partial charge is 0.505 e. The number of hydrogen-bond donors (Lipinski definition) is 4. The highest BCUT2D eigenvalue weighted by Gasteiger charge is 2.31. The summed E-state index contributed by atoms with van der Waals surface area (Å²) in [6.45, 7) is 10.4. The number of aromatic hydroxyl groups is 1. The van der Waals surface area contributed by atoms with Gasteiger partial charge in [-0.3, -0.25) is 14.4 Å². The van der Waals surface area contributed by atoms with Crippen LogP contribution in [-0.2, 0) is 23.9 Å². The molecule has 12 nitrogen and oxygen atoms in total. The van der Waals surface area contributed by atoms with Crippen LogP contribution in [0.3, 0.4) is 0 Å². The fourth-order valence-corrected chi connectivity index (χ4v) is 2.69. The van der Waals surface area contributed by atoms with Crippen LogP contribution in [0.4, 0.5) is 5.82 Å². The van der Waals surface area contributed by atoms with Gasteiger partial charge in [-0.2, -0.15) is 5.10 Å². The van der Waals surface area contributed by atoms with E-state index in [1.807, 2.05) is 0 Å². The number of nitrogens with two attached hydrogens (primary N) is 1. The summed E-state index contributed by atoms with van der Waals surface area (Å²) in [4.78, 5) is 34.8. The standard InChI is InChI=1S/C15H20N4O4.2C4H8O2/c1-8(2)15(21)22-6-9-3-4-12(23-9)10-5-11(20)13-14(16)17-7-18-19(10)13;2*1-3(2)4(5)6/h5,7-9,12,20H,3-4,6H2,1-2H3,(H2,16,17,18);2*3H,1-2H3,(H,5,6). The van der Waals surface area contributed by atoms with E-state index in [4.69, 9.17) is 25.4 Å². The lowest BCUT2D eigenvalue weighted by Crippen LogP contribution is -2.21. The van der Waals surface area contributed by atoms with Crippen molar-refractivity contribution in [3.8, 4) is 5.75 Å². The second kappa shape index (κ2) is 13.5. The Morgan fingerprint density at radius 2 is 1.63 bits per heavy atom. The van der Waals surface area contributed by atoms with Gasteiger partial charge in [-0.15, -0.1) is 0 Å². The Bertz CT molecular complexity index is 985. The highest BCUT2D eigenvalue weighted by atomic mass is 16.6. The van der Waals surface area contributed by atoms with E-state index < -0.39 is 11.9 Å². The first-order valence-electron chi connectivity index (χ1n) is 11.3. The number of ether oxygens (including phenoxy) is 2. The number of anilines is 1. The summed E-state index contributed by atoms with van der Waals surface area (Å²) < 4.78 is 12.7. The second-order valence-corrected chi connectivity index (χ2v) is 8.95. The molecule has 12 heteroatoms. The smallest absolute Gasteiger partial charge is 0.308 e. The Balaban J connectivity index is 0.000000425. The van der Waals surface area contributed by atoms with E-state index in [2.05, 4.69) is 10.1 Å². The molecule has 0 saturated carbocycles. The first kappa shape index (κ1) is 29.6. The number of carboxylic acids is 2. The van der Waals surface area contributed by atoms with Crippen molar-refractivity contribution in [1.29, 1.82) is 0 Å². The van der Waals surface area contributed by atoms with Gasteiger partial charge in [-0.1, -0.05) is 41.5 Å². The summed E-state index contributed by atoms with van der Waals surface area (Å²) in [7, 11) is 0. The van der Waals surface area contributed by atoms with Gasteiger partial charge in [-0.05, 0) is 12.8 Å². The molecule has 1 aliphatic heterocycles. The highest BCUT2D eigenvalue weighted by molar-refractivity contribution is 5.74. The molecule has 2 unspecified atom stereocenters. The third-order valence-corrected chi connectivity index (χ3v) is 4.90. The molecular weight excluding hydrogens is 460 g/mol. The lowest BCUT2D eigenvalue weighted by Gasteiger charge is -2.14. The van der Waals surface area contributed by atoms with E-state index in [1.54, 1.807) is 52.1 Å². The normalized spacial score (nSPS) is 17.1. The molecule has 3 heterocycles. The second-order valence-electron chi connectivity index (χ2n) is 8.95. The lowest BCUT2D eigenvalue weighted by atomic mass is 10.1. The van der Waals surface area contributed by atoms with Crippen molar-refractivity contribution in [3.63, 3.8) is 0 Å². The maximum absolute atomic E-state index is 11.5. The van der Waals surface area contributed by atoms with Gasteiger partial charge in [0.15, 0.2) is 5.82 Å². The number of aliphatic carboxylic acids is 2. The minimum absolute atomic E-state index is 0.0244. The van der Waals surface area contributed by atoms with Crippen LogP contribution in [0, 0.1) is 17.8 Å². The van der Waals surface area contributed by atoms with Crippen molar-refractivity contribution in [2.24, 2.45) is 17.8 Å². The number of hydrogen-bond acceptors (Lipinski definition) is 9. The molecule has 0 spiro atoms. The molecule has 2 aromatic heterocycles. The van der Waals surface area contributed by atoms with E-state index in [9.17, 15) is 19.5 Å². The summed E-state index contributed by atoms with van der Waals surface area (Å²) in [5.41, 5.74) is 6.86. The molecule has 1 aliphatic rings. The monoisotopic (exact) mass is 496 g/mol. The summed E-state index contributed by atoms with van der Waals surface area (Å²) in [6, 6.07) is 1.59. The fraction of sp³-hybridized carbons (Fsp3) is 0.609. The van der Waals surface area contributed by atoms with E-state index in [1.165, 1.54) is 6.33 Å². The average Bonchev–Trinajstić information content (AvgIpc) is 3.37. The number of nitrogen functional groups attached to an aromatic ring is 1. The molecule has 1 fully saturated rings. The van der Waals surface area contributed by atoms with Gasteiger partial charge in [0, 0.05) is 6.07 Å². The maximum Gasteiger partial charge on any atom is 0.308 e. The number of rotatable bonds is 6. The fourth-order valence-electron chi connectivity index (χ4n) is 2.69. The van der Waals surface area contributed by atoms with Crippen molar-refractivity contribution in [2.45, 2.75) is 66.6 Å². The molecule has 2 atom stereocenters. The molecule has 0 aromatic carbocycles. The molecule has 2 aromatic rings. The van der Waals surface area contributed by atoms with Gasteiger partial charge < -0.3 is 30.5 Å². The third-order valence-electron chi connectivity index (χ3n) is 4.90. The maximum atomic E-state index is 11.5. The van der Waals surface area contributed by atoms with Crippen LogP contribution in [-0.4, -0.2) is 60.5 Å². The van der Waals surface area contributed by atoms with E-state index in [0.29, 0.717) is 11.2 Å². The van der Waals surface area contributed by atoms with Gasteiger partial charge in [0.05, 0.1) is 29.6 Å². The van der Waals surface area contributed by atoms with Crippen LogP contribution in [0.25, 0.3) is 5.52 Å². The molecular formula is C23H36N4O8. The number of carbonyl (C=O) groups is 3. The van der Waals surface area contributed by atoms with Crippen LogP contribution in [0.15, 0.2) is 12.4 Å². The van der Waals surface area contributed by atoms with Crippen LogP contribution in [0.1, 0.15) is 66.2 Å². The zero-order chi connectivity index (χ0) is 26.9. The van der Waals surface area contributed by atoms with Gasteiger partial charge in [0.25, 0.3) is 0 Å². The first-order chi connectivity index (χ1) is 16.3. The van der Waals surface area contributed by atoms with Crippen molar-refractivity contribution in [3.05, 3.63) is 18.1 Å². The minimum atomic E-state index is -0.741. The zero-order valence-corrected chi connectivity index (χ0v) is 21.0. The summed E-state index contributed by atoms with van der Waals surface area (Å²) >= 11 is 0. The molecule has 1 saturated heterocycles. The molecule has 196 valence electrons. The average molecular weight is 497 g/mol. The van der Waals surface area contributed by atoms with E-state index >= 15 is 0 Å². The van der Waals surface area contributed by atoms with Gasteiger partial charge in [0.2, 0.25) is 0 Å². The predicted octanol–water partition coefficient (Wildman–Crippen LogP) is 2.89. The molecule has 0 aliphatic carbocycles. The topological polar surface area (TPSA) is 187 Å². The van der Waals surface area contributed by atoms with Gasteiger partial charge in [-0.25, -0.2) is 9.50 Å². The number of nitrogens with zero attached hydrogens (tertiary/aromatic N) is 3. The molecule has 0 amide bonds. The highest BCUT2D eigenvalue weighted by Crippen LogP contribution is 2.37. The number of fused-ring (bicyclic) bond motifs is 1. The Hall–Kier alpha value is -3.41.